The van der Waals surface area contributed by atoms with E-state index in [1.807, 2.05) is 6.92 Å². The summed E-state index contributed by atoms with van der Waals surface area (Å²) in [5.74, 6) is 0.304. The Labute approximate surface area is 110 Å². The maximum atomic E-state index is 12.0. The number of halogens is 2. The molecule has 0 spiro atoms. The third kappa shape index (κ3) is 3.64. The Kier molecular flexibility index (Phi) is 4.31. The molecule has 1 unspecified atom stereocenters. The smallest absolute Gasteiger partial charge is 0.387 e. The number of benzene rings is 1. The number of hydrogen-bond donors (Lipinski definition) is 2. The van der Waals surface area contributed by atoms with E-state index in [1.54, 1.807) is 12.1 Å². The van der Waals surface area contributed by atoms with E-state index in [-0.39, 0.29) is 17.6 Å². The number of hydrogen-bond acceptors (Lipinski definition) is 3. The first-order chi connectivity index (χ1) is 9.06. The summed E-state index contributed by atoms with van der Waals surface area (Å²) < 4.78 is 28.2. The fourth-order valence-corrected chi connectivity index (χ4v) is 1.85. The zero-order valence-electron chi connectivity index (χ0n) is 10.5. The van der Waals surface area contributed by atoms with Crippen molar-refractivity contribution in [2.45, 2.75) is 13.5 Å². The van der Waals surface area contributed by atoms with Crippen LogP contribution in [0.3, 0.4) is 0 Å². The van der Waals surface area contributed by atoms with Gasteiger partial charge in [-0.05, 0) is 43.3 Å². The second kappa shape index (κ2) is 5.97. The van der Waals surface area contributed by atoms with Crippen LogP contribution < -0.4 is 15.4 Å². The van der Waals surface area contributed by atoms with Crippen LogP contribution in [0.25, 0.3) is 0 Å². The van der Waals surface area contributed by atoms with Gasteiger partial charge in [-0.25, -0.2) is 0 Å². The molecule has 0 bridgehead atoms. The summed E-state index contributed by atoms with van der Waals surface area (Å²) in [6.07, 6.45) is 0. The van der Waals surface area contributed by atoms with Crippen LogP contribution >= 0.6 is 0 Å². The molecule has 0 aliphatic carbocycles. The lowest BCUT2D eigenvalue weighted by molar-refractivity contribution is -0.121. The summed E-state index contributed by atoms with van der Waals surface area (Å²) >= 11 is 0. The standard InChI is InChI=1S/C13H16F2N2O2/c1-8(9-6-16-7-9)12(18)17-10-2-4-11(5-3-10)19-13(14)15/h2-5,8-9,13,16H,6-7H2,1H3,(H,17,18). The summed E-state index contributed by atoms with van der Waals surface area (Å²) in [5.41, 5.74) is 0.575. The zero-order chi connectivity index (χ0) is 13.8. The Morgan fingerprint density at radius 2 is 2.00 bits per heavy atom. The van der Waals surface area contributed by atoms with Crippen molar-refractivity contribution < 1.29 is 18.3 Å². The first-order valence-electron chi connectivity index (χ1n) is 6.12. The number of carbonyl (C=O) groups excluding carboxylic acids is 1. The van der Waals surface area contributed by atoms with Crippen LogP contribution in [0, 0.1) is 11.8 Å². The molecular weight excluding hydrogens is 254 g/mol. The highest BCUT2D eigenvalue weighted by atomic mass is 19.3. The van der Waals surface area contributed by atoms with Crippen LogP contribution in [0.1, 0.15) is 6.92 Å². The Hall–Kier alpha value is -1.69. The highest BCUT2D eigenvalue weighted by molar-refractivity contribution is 5.92. The van der Waals surface area contributed by atoms with E-state index in [4.69, 9.17) is 0 Å². The molecule has 6 heteroatoms. The van der Waals surface area contributed by atoms with Gasteiger partial charge < -0.3 is 15.4 Å². The Morgan fingerprint density at radius 3 is 2.47 bits per heavy atom. The molecule has 1 saturated heterocycles. The Morgan fingerprint density at radius 1 is 1.37 bits per heavy atom. The highest BCUT2D eigenvalue weighted by Gasteiger charge is 2.28. The molecule has 19 heavy (non-hydrogen) atoms. The highest BCUT2D eigenvalue weighted by Crippen LogP contribution is 2.21. The predicted octanol–water partition coefficient (Wildman–Crippen LogP) is 2.08. The summed E-state index contributed by atoms with van der Waals surface area (Å²) in [7, 11) is 0. The van der Waals surface area contributed by atoms with E-state index < -0.39 is 6.61 Å². The molecule has 2 N–H and O–H groups in total. The minimum absolute atomic E-state index is 0.0611. The molecule has 4 nitrogen and oxygen atoms in total. The van der Waals surface area contributed by atoms with Crippen LogP contribution in [-0.4, -0.2) is 25.6 Å². The average molecular weight is 270 g/mol. The van der Waals surface area contributed by atoms with Gasteiger partial charge in [0.25, 0.3) is 0 Å². The molecule has 104 valence electrons. The number of nitrogens with one attached hydrogen (secondary N) is 2. The molecule has 1 aliphatic heterocycles. The van der Waals surface area contributed by atoms with E-state index in [0.717, 1.165) is 13.1 Å². The number of amides is 1. The molecule has 2 rings (SSSR count). The van der Waals surface area contributed by atoms with E-state index in [2.05, 4.69) is 15.4 Å². The van der Waals surface area contributed by atoms with Gasteiger partial charge in [-0.2, -0.15) is 8.78 Å². The van der Waals surface area contributed by atoms with E-state index in [9.17, 15) is 13.6 Å². The number of rotatable bonds is 5. The minimum Gasteiger partial charge on any atom is -0.435 e. The Balaban J connectivity index is 1.89. The molecule has 1 aromatic rings. The van der Waals surface area contributed by atoms with E-state index in [1.165, 1.54) is 12.1 Å². The van der Waals surface area contributed by atoms with Crippen molar-refractivity contribution in [3.05, 3.63) is 24.3 Å². The van der Waals surface area contributed by atoms with Crippen LogP contribution in [0.2, 0.25) is 0 Å². The van der Waals surface area contributed by atoms with Crippen molar-refractivity contribution in [2.24, 2.45) is 11.8 Å². The van der Waals surface area contributed by atoms with Gasteiger partial charge in [-0.15, -0.1) is 0 Å². The third-order valence-electron chi connectivity index (χ3n) is 3.28. The molecule has 1 fully saturated rings. The van der Waals surface area contributed by atoms with Gasteiger partial charge in [0.2, 0.25) is 5.91 Å². The van der Waals surface area contributed by atoms with E-state index in [0.29, 0.717) is 11.6 Å². The fourth-order valence-electron chi connectivity index (χ4n) is 1.85. The van der Waals surface area contributed by atoms with Crippen molar-refractivity contribution in [1.82, 2.24) is 5.32 Å². The molecule has 1 aliphatic rings. The molecule has 1 amide bonds. The largest absolute Gasteiger partial charge is 0.435 e. The number of ether oxygens (including phenoxy) is 1. The molecule has 0 aromatic heterocycles. The predicted molar refractivity (Wildman–Crippen MR) is 67.2 cm³/mol. The van der Waals surface area contributed by atoms with Gasteiger partial charge in [0.1, 0.15) is 5.75 Å². The van der Waals surface area contributed by atoms with E-state index >= 15 is 0 Å². The second-order valence-corrected chi connectivity index (χ2v) is 4.60. The topological polar surface area (TPSA) is 50.4 Å². The van der Waals surface area contributed by atoms with Crippen molar-refractivity contribution in [3.8, 4) is 5.75 Å². The lowest BCUT2D eigenvalue weighted by atomic mass is 9.88. The summed E-state index contributed by atoms with van der Waals surface area (Å²) in [4.78, 5) is 11.9. The lowest BCUT2D eigenvalue weighted by Gasteiger charge is -2.31. The first kappa shape index (κ1) is 13.7. The van der Waals surface area contributed by atoms with Gasteiger partial charge in [0.15, 0.2) is 0 Å². The maximum absolute atomic E-state index is 12.0. The zero-order valence-corrected chi connectivity index (χ0v) is 10.5. The van der Waals surface area contributed by atoms with Crippen molar-refractivity contribution in [3.63, 3.8) is 0 Å². The molecule has 0 radical (unpaired) electrons. The average Bonchev–Trinajstić information content (AvgIpc) is 2.28. The first-order valence-corrected chi connectivity index (χ1v) is 6.12. The monoisotopic (exact) mass is 270 g/mol. The number of alkyl halides is 2. The lowest BCUT2D eigenvalue weighted by Crippen LogP contribution is -2.48. The van der Waals surface area contributed by atoms with Crippen molar-refractivity contribution in [2.75, 3.05) is 18.4 Å². The minimum atomic E-state index is -2.84. The number of carbonyl (C=O) groups is 1. The summed E-state index contributed by atoms with van der Waals surface area (Å²) in [6, 6.07) is 5.89. The SMILES string of the molecule is CC(C(=O)Nc1ccc(OC(F)F)cc1)C1CNC1. The molecule has 1 heterocycles. The third-order valence-corrected chi connectivity index (χ3v) is 3.28. The molecule has 1 aromatic carbocycles. The summed E-state index contributed by atoms with van der Waals surface area (Å²) in [6.45, 7) is 0.757. The van der Waals surface area contributed by atoms with Gasteiger partial charge in [0.05, 0.1) is 0 Å². The van der Waals surface area contributed by atoms with Crippen LogP contribution in [0.15, 0.2) is 24.3 Å². The second-order valence-electron chi connectivity index (χ2n) is 4.60. The summed E-state index contributed by atoms with van der Waals surface area (Å²) in [5, 5.41) is 5.88. The van der Waals surface area contributed by atoms with Crippen LogP contribution in [0.5, 0.6) is 5.75 Å². The Bertz CT molecular complexity index is 433. The van der Waals surface area contributed by atoms with Gasteiger partial charge in [0, 0.05) is 11.6 Å². The quantitative estimate of drug-likeness (QED) is 0.861. The van der Waals surface area contributed by atoms with Crippen LogP contribution in [-0.2, 0) is 4.79 Å². The van der Waals surface area contributed by atoms with Crippen molar-refractivity contribution in [1.29, 1.82) is 0 Å². The van der Waals surface area contributed by atoms with Crippen LogP contribution in [0.4, 0.5) is 14.5 Å². The maximum Gasteiger partial charge on any atom is 0.387 e. The normalized spacial score (nSPS) is 16.8. The molecule has 0 saturated carbocycles. The van der Waals surface area contributed by atoms with Gasteiger partial charge in [-0.1, -0.05) is 6.92 Å². The van der Waals surface area contributed by atoms with Crippen molar-refractivity contribution >= 4 is 11.6 Å². The number of anilines is 1. The molecular formula is C13H16F2N2O2. The van der Waals surface area contributed by atoms with Gasteiger partial charge in [-0.3, -0.25) is 4.79 Å². The molecule has 1 atom stereocenters. The van der Waals surface area contributed by atoms with Gasteiger partial charge >= 0.3 is 6.61 Å². The fraction of sp³-hybridized carbons (Fsp3) is 0.462.